The summed E-state index contributed by atoms with van der Waals surface area (Å²) in [6, 6.07) is 16.0. The van der Waals surface area contributed by atoms with Gasteiger partial charge in [0.25, 0.3) is 0 Å². The van der Waals surface area contributed by atoms with Gasteiger partial charge in [-0.05, 0) is 36.2 Å². The van der Waals surface area contributed by atoms with Crippen LogP contribution in [-0.2, 0) is 4.74 Å². The highest BCUT2D eigenvalue weighted by molar-refractivity contribution is 6.07. The highest BCUT2D eigenvalue weighted by Gasteiger charge is 2.14. The van der Waals surface area contributed by atoms with E-state index >= 15 is 0 Å². The molecule has 0 amide bonds. The molecule has 0 aliphatic rings. The zero-order valence-electron chi connectivity index (χ0n) is 12.1. The lowest BCUT2D eigenvalue weighted by atomic mass is 9.99. The standard InChI is InChI=1S/C18H16O3/c1-3-20-18(19)21-17-14-9-5-4-8-13(14)11-16-12(2)7-6-10-15(16)17/h4-11H,3H2,1-2H3. The average Bonchev–Trinajstić information content (AvgIpc) is 2.48. The summed E-state index contributed by atoms with van der Waals surface area (Å²) in [6.45, 7) is 4.10. The van der Waals surface area contributed by atoms with Gasteiger partial charge in [-0.15, -0.1) is 0 Å². The van der Waals surface area contributed by atoms with Crippen LogP contribution in [0.15, 0.2) is 48.5 Å². The SMILES string of the molecule is CCOC(=O)Oc1c2ccccc2cc2c(C)cccc12. The number of hydrogen-bond donors (Lipinski definition) is 0. The third-order valence-corrected chi connectivity index (χ3v) is 3.52. The molecule has 0 unspecified atom stereocenters. The third kappa shape index (κ3) is 2.42. The molecule has 3 nitrogen and oxygen atoms in total. The maximum atomic E-state index is 11.7. The van der Waals surface area contributed by atoms with E-state index in [1.807, 2.05) is 49.4 Å². The van der Waals surface area contributed by atoms with E-state index in [0.717, 1.165) is 27.1 Å². The molecule has 0 N–H and O–H groups in total. The lowest BCUT2D eigenvalue weighted by Gasteiger charge is -2.12. The Morgan fingerprint density at radius 3 is 2.57 bits per heavy atom. The van der Waals surface area contributed by atoms with E-state index in [1.54, 1.807) is 6.92 Å². The molecule has 3 rings (SSSR count). The van der Waals surface area contributed by atoms with Crippen molar-refractivity contribution in [2.45, 2.75) is 13.8 Å². The zero-order chi connectivity index (χ0) is 14.8. The molecule has 0 fully saturated rings. The van der Waals surface area contributed by atoms with Gasteiger partial charge in [-0.3, -0.25) is 0 Å². The third-order valence-electron chi connectivity index (χ3n) is 3.52. The lowest BCUT2D eigenvalue weighted by Crippen LogP contribution is -2.10. The summed E-state index contributed by atoms with van der Waals surface area (Å²) in [5.41, 5.74) is 1.15. The summed E-state index contributed by atoms with van der Waals surface area (Å²) >= 11 is 0. The average molecular weight is 280 g/mol. The largest absolute Gasteiger partial charge is 0.513 e. The molecule has 0 radical (unpaired) electrons. The van der Waals surface area contributed by atoms with Crippen LogP contribution in [0.4, 0.5) is 4.79 Å². The highest BCUT2D eigenvalue weighted by Crippen LogP contribution is 2.36. The second-order valence-electron chi connectivity index (χ2n) is 4.88. The van der Waals surface area contributed by atoms with Crippen molar-refractivity contribution in [2.24, 2.45) is 0 Å². The molecule has 3 aromatic rings. The van der Waals surface area contributed by atoms with Gasteiger partial charge in [0.05, 0.1) is 6.61 Å². The Kier molecular flexibility index (Phi) is 3.48. The van der Waals surface area contributed by atoms with Gasteiger partial charge in [-0.2, -0.15) is 0 Å². The Bertz CT molecular complexity index is 821. The number of ether oxygens (including phenoxy) is 2. The van der Waals surface area contributed by atoms with E-state index in [-0.39, 0.29) is 0 Å². The molecule has 106 valence electrons. The van der Waals surface area contributed by atoms with Crippen LogP contribution in [0.3, 0.4) is 0 Å². The molecule has 0 saturated carbocycles. The van der Waals surface area contributed by atoms with E-state index in [4.69, 9.17) is 9.47 Å². The fourth-order valence-electron chi connectivity index (χ4n) is 2.54. The van der Waals surface area contributed by atoms with Crippen molar-refractivity contribution < 1.29 is 14.3 Å². The maximum absolute atomic E-state index is 11.7. The monoisotopic (exact) mass is 280 g/mol. The second-order valence-corrected chi connectivity index (χ2v) is 4.88. The van der Waals surface area contributed by atoms with Gasteiger partial charge in [0.2, 0.25) is 0 Å². The van der Waals surface area contributed by atoms with Crippen molar-refractivity contribution in [3.63, 3.8) is 0 Å². The van der Waals surface area contributed by atoms with Crippen LogP contribution in [-0.4, -0.2) is 12.8 Å². The number of rotatable bonds is 2. The van der Waals surface area contributed by atoms with Crippen LogP contribution in [0.5, 0.6) is 5.75 Å². The highest BCUT2D eigenvalue weighted by atomic mass is 16.7. The molecule has 0 spiro atoms. The molecule has 3 aromatic carbocycles. The molecule has 0 heterocycles. The molecule has 21 heavy (non-hydrogen) atoms. The first kappa shape index (κ1) is 13.4. The van der Waals surface area contributed by atoms with Crippen LogP contribution >= 0.6 is 0 Å². The molecular formula is C18H16O3. The van der Waals surface area contributed by atoms with Crippen molar-refractivity contribution >= 4 is 27.7 Å². The summed E-state index contributed by atoms with van der Waals surface area (Å²) in [7, 11) is 0. The first-order chi connectivity index (χ1) is 10.2. The van der Waals surface area contributed by atoms with E-state index in [0.29, 0.717) is 12.4 Å². The topological polar surface area (TPSA) is 35.5 Å². The fourth-order valence-corrected chi connectivity index (χ4v) is 2.54. The maximum Gasteiger partial charge on any atom is 0.513 e. The minimum atomic E-state index is -0.670. The van der Waals surface area contributed by atoms with Crippen molar-refractivity contribution in [1.29, 1.82) is 0 Å². The zero-order valence-corrected chi connectivity index (χ0v) is 12.1. The van der Waals surface area contributed by atoms with Crippen molar-refractivity contribution in [1.82, 2.24) is 0 Å². The van der Waals surface area contributed by atoms with Crippen LogP contribution in [0.1, 0.15) is 12.5 Å². The Morgan fingerprint density at radius 2 is 1.76 bits per heavy atom. The van der Waals surface area contributed by atoms with Gasteiger partial charge >= 0.3 is 6.16 Å². The number of aryl methyl sites for hydroxylation is 1. The summed E-state index contributed by atoms with van der Waals surface area (Å²) in [5, 5.41) is 3.94. The normalized spacial score (nSPS) is 10.8. The summed E-state index contributed by atoms with van der Waals surface area (Å²) in [5.74, 6) is 0.560. The van der Waals surface area contributed by atoms with E-state index < -0.39 is 6.16 Å². The predicted molar refractivity (Wildman–Crippen MR) is 83.8 cm³/mol. The summed E-state index contributed by atoms with van der Waals surface area (Å²) in [6.07, 6.45) is -0.670. The molecular weight excluding hydrogens is 264 g/mol. The molecule has 3 heteroatoms. The smallest absolute Gasteiger partial charge is 0.434 e. The van der Waals surface area contributed by atoms with Crippen LogP contribution in [0.25, 0.3) is 21.5 Å². The van der Waals surface area contributed by atoms with E-state index in [9.17, 15) is 4.79 Å². The molecule has 0 aliphatic carbocycles. The van der Waals surface area contributed by atoms with Crippen molar-refractivity contribution in [2.75, 3.05) is 6.61 Å². The van der Waals surface area contributed by atoms with Gasteiger partial charge in [0.15, 0.2) is 0 Å². The van der Waals surface area contributed by atoms with Crippen LogP contribution in [0.2, 0.25) is 0 Å². The van der Waals surface area contributed by atoms with Crippen molar-refractivity contribution in [3.05, 3.63) is 54.1 Å². The number of hydrogen-bond acceptors (Lipinski definition) is 3. The van der Waals surface area contributed by atoms with Crippen LogP contribution in [0, 0.1) is 6.92 Å². The first-order valence-electron chi connectivity index (χ1n) is 6.96. The molecule has 0 aliphatic heterocycles. The number of fused-ring (bicyclic) bond motifs is 2. The molecule has 0 bridgehead atoms. The lowest BCUT2D eigenvalue weighted by molar-refractivity contribution is 0.105. The van der Waals surface area contributed by atoms with Gasteiger partial charge in [0.1, 0.15) is 5.75 Å². The van der Waals surface area contributed by atoms with Gasteiger partial charge in [0, 0.05) is 10.8 Å². The number of benzene rings is 3. The minimum Gasteiger partial charge on any atom is -0.434 e. The summed E-state index contributed by atoms with van der Waals surface area (Å²) < 4.78 is 10.4. The predicted octanol–water partition coefficient (Wildman–Crippen LogP) is 4.84. The Balaban J connectivity index is 2.30. The number of carbonyl (C=O) groups is 1. The van der Waals surface area contributed by atoms with Crippen LogP contribution < -0.4 is 4.74 Å². The Morgan fingerprint density at radius 1 is 1.00 bits per heavy atom. The summed E-state index contributed by atoms with van der Waals surface area (Å²) in [4.78, 5) is 11.7. The van der Waals surface area contributed by atoms with E-state index in [1.165, 1.54) is 0 Å². The second kappa shape index (κ2) is 5.44. The first-order valence-corrected chi connectivity index (χ1v) is 6.96. The number of carbonyl (C=O) groups excluding carboxylic acids is 1. The molecule has 0 atom stereocenters. The van der Waals surface area contributed by atoms with E-state index in [2.05, 4.69) is 6.07 Å². The molecule has 0 saturated heterocycles. The fraction of sp³-hybridized carbons (Fsp3) is 0.167. The quantitative estimate of drug-likeness (QED) is 0.383. The van der Waals surface area contributed by atoms with Crippen molar-refractivity contribution in [3.8, 4) is 5.75 Å². The van der Waals surface area contributed by atoms with Gasteiger partial charge in [-0.25, -0.2) is 4.79 Å². The van der Waals surface area contributed by atoms with Gasteiger partial charge in [-0.1, -0.05) is 42.5 Å². The Labute approximate surface area is 123 Å². The Hall–Kier alpha value is -2.55. The molecule has 0 aromatic heterocycles. The van der Waals surface area contributed by atoms with Gasteiger partial charge < -0.3 is 9.47 Å². The minimum absolute atomic E-state index is 0.292.